The third-order valence-corrected chi connectivity index (χ3v) is 9.96. The van der Waals surface area contributed by atoms with Crippen LogP contribution in [0.15, 0.2) is 199 Å². The maximum atomic E-state index is 6.42. The summed E-state index contributed by atoms with van der Waals surface area (Å²) < 4.78 is 8.82. The molecule has 51 heavy (non-hydrogen) atoms. The monoisotopic (exact) mass is 652 g/mol. The van der Waals surface area contributed by atoms with E-state index in [4.69, 9.17) is 4.42 Å². The Morgan fingerprint density at radius 3 is 1.86 bits per heavy atom. The van der Waals surface area contributed by atoms with Crippen molar-refractivity contribution in [2.75, 3.05) is 4.90 Å². The highest BCUT2D eigenvalue weighted by Gasteiger charge is 2.22. The van der Waals surface area contributed by atoms with Crippen LogP contribution in [0.4, 0.5) is 17.1 Å². The molecule has 0 aliphatic carbocycles. The van der Waals surface area contributed by atoms with Gasteiger partial charge in [-0.05, 0) is 89.0 Å². The predicted molar refractivity (Wildman–Crippen MR) is 214 cm³/mol. The van der Waals surface area contributed by atoms with Gasteiger partial charge in [0.25, 0.3) is 0 Å². The molecule has 0 unspecified atom stereocenters. The molecule has 2 heterocycles. The van der Waals surface area contributed by atoms with Crippen LogP contribution in [0.2, 0.25) is 0 Å². The lowest BCUT2D eigenvalue weighted by atomic mass is 9.99. The van der Waals surface area contributed by atoms with E-state index in [2.05, 4.69) is 198 Å². The van der Waals surface area contributed by atoms with Crippen molar-refractivity contribution in [2.24, 2.45) is 0 Å². The molecule has 0 N–H and O–H groups in total. The number of furan rings is 1. The number of hydrogen-bond acceptors (Lipinski definition) is 2. The van der Waals surface area contributed by atoms with Crippen LogP contribution < -0.4 is 4.90 Å². The van der Waals surface area contributed by atoms with Gasteiger partial charge in [-0.25, -0.2) is 0 Å². The number of para-hydroxylation sites is 2. The molecule has 0 amide bonds. The summed E-state index contributed by atoms with van der Waals surface area (Å²) in [7, 11) is 0. The van der Waals surface area contributed by atoms with Crippen molar-refractivity contribution in [1.29, 1.82) is 0 Å². The van der Waals surface area contributed by atoms with Gasteiger partial charge in [-0.1, -0.05) is 127 Å². The molecular weight excluding hydrogens is 621 g/mol. The Labute approximate surface area is 295 Å². The van der Waals surface area contributed by atoms with Crippen molar-refractivity contribution >= 4 is 60.8 Å². The molecule has 240 valence electrons. The zero-order valence-electron chi connectivity index (χ0n) is 27.8. The Morgan fingerprint density at radius 2 is 1.04 bits per heavy atom. The third-order valence-electron chi connectivity index (χ3n) is 9.96. The zero-order valence-corrected chi connectivity index (χ0v) is 27.8. The van der Waals surface area contributed by atoms with E-state index in [-0.39, 0.29) is 0 Å². The van der Waals surface area contributed by atoms with Crippen LogP contribution in [0.3, 0.4) is 0 Å². The molecule has 3 heteroatoms. The summed E-state index contributed by atoms with van der Waals surface area (Å²) in [5.41, 5.74) is 13.2. The molecule has 2 aromatic heterocycles. The first-order valence-electron chi connectivity index (χ1n) is 17.4. The zero-order chi connectivity index (χ0) is 33.7. The van der Waals surface area contributed by atoms with E-state index in [1.54, 1.807) is 0 Å². The molecule has 0 aliphatic heterocycles. The van der Waals surface area contributed by atoms with E-state index < -0.39 is 0 Å². The van der Waals surface area contributed by atoms with E-state index in [1.165, 1.54) is 33.0 Å². The SMILES string of the molecule is c1ccc(-c2cccc(N(c3ccc4c(c3)c3c(-c5ccccc5)cccc3n4-c3ccccc3)c3cccc4oc5ccccc5c34)c2)cc1. The highest BCUT2D eigenvalue weighted by molar-refractivity contribution is 6.18. The van der Waals surface area contributed by atoms with Gasteiger partial charge < -0.3 is 13.9 Å². The topological polar surface area (TPSA) is 21.3 Å². The molecular formula is C48H32N2O. The van der Waals surface area contributed by atoms with Crippen LogP contribution in [0.25, 0.3) is 71.7 Å². The first-order valence-corrected chi connectivity index (χ1v) is 17.4. The Hall–Kier alpha value is -6.84. The number of hydrogen-bond donors (Lipinski definition) is 0. The van der Waals surface area contributed by atoms with E-state index in [0.717, 1.165) is 55.8 Å². The average Bonchev–Trinajstić information content (AvgIpc) is 3.75. The van der Waals surface area contributed by atoms with Gasteiger partial charge in [0, 0.05) is 33.2 Å². The highest BCUT2D eigenvalue weighted by atomic mass is 16.3. The van der Waals surface area contributed by atoms with E-state index in [0.29, 0.717) is 0 Å². The average molecular weight is 653 g/mol. The van der Waals surface area contributed by atoms with Gasteiger partial charge in [0.2, 0.25) is 0 Å². The van der Waals surface area contributed by atoms with Crippen LogP contribution in [-0.2, 0) is 0 Å². The summed E-state index contributed by atoms with van der Waals surface area (Å²) in [5.74, 6) is 0. The number of nitrogens with zero attached hydrogens (tertiary/aromatic N) is 2. The fourth-order valence-corrected chi connectivity index (χ4v) is 7.74. The molecule has 0 fully saturated rings. The summed E-state index contributed by atoms with van der Waals surface area (Å²) >= 11 is 0. The second kappa shape index (κ2) is 11.9. The summed E-state index contributed by atoms with van der Waals surface area (Å²) in [6.45, 7) is 0. The van der Waals surface area contributed by atoms with Crippen LogP contribution in [-0.4, -0.2) is 4.57 Å². The molecule has 0 saturated carbocycles. The van der Waals surface area contributed by atoms with Crippen LogP contribution in [0, 0.1) is 0 Å². The van der Waals surface area contributed by atoms with Crippen molar-refractivity contribution in [3.05, 3.63) is 194 Å². The lowest BCUT2D eigenvalue weighted by molar-refractivity contribution is 0.669. The number of benzene rings is 8. The van der Waals surface area contributed by atoms with Gasteiger partial charge in [-0.15, -0.1) is 0 Å². The second-order valence-corrected chi connectivity index (χ2v) is 12.9. The maximum absolute atomic E-state index is 6.42. The molecule has 0 bridgehead atoms. The van der Waals surface area contributed by atoms with Crippen molar-refractivity contribution in [1.82, 2.24) is 4.57 Å². The second-order valence-electron chi connectivity index (χ2n) is 12.9. The Morgan fingerprint density at radius 1 is 0.392 bits per heavy atom. The van der Waals surface area contributed by atoms with Crippen molar-refractivity contribution in [3.63, 3.8) is 0 Å². The number of fused-ring (bicyclic) bond motifs is 6. The number of anilines is 3. The quantitative estimate of drug-likeness (QED) is 0.178. The molecule has 0 atom stereocenters. The first kappa shape index (κ1) is 29.1. The Kier molecular flexibility index (Phi) is 6.81. The molecule has 0 spiro atoms. The molecule has 0 radical (unpaired) electrons. The first-order chi connectivity index (χ1) is 25.3. The lowest BCUT2D eigenvalue weighted by Crippen LogP contribution is -2.10. The van der Waals surface area contributed by atoms with Crippen molar-refractivity contribution < 1.29 is 4.42 Å². The smallest absolute Gasteiger partial charge is 0.137 e. The van der Waals surface area contributed by atoms with Crippen molar-refractivity contribution in [3.8, 4) is 27.9 Å². The number of aromatic nitrogens is 1. The van der Waals surface area contributed by atoms with Gasteiger partial charge in [0.1, 0.15) is 11.2 Å². The van der Waals surface area contributed by atoms with E-state index >= 15 is 0 Å². The summed E-state index contributed by atoms with van der Waals surface area (Å²) in [6, 6.07) is 69.2. The minimum atomic E-state index is 0.867. The number of rotatable bonds is 6. The molecule has 10 aromatic rings. The third kappa shape index (κ3) is 4.82. The van der Waals surface area contributed by atoms with Gasteiger partial charge in [-0.3, -0.25) is 0 Å². The van der Waals surface area contributed by atoms with Gasteiger partial charge in [0.05, 0.1) is 22.1 Å². The summed E-state index contributed by atoms with van der Waals surface area (Å²) in [4.78, 5) is 2.40. The van der Waals surface area contributed by atoms with Gasteiger partial charge >= 0.3 is 0 Å². The fraction of sp³-hybridized carbons (Fsp3) is 0. The Balaban J connectivity index is 1.29. The lowest BCUT2D eigenvalue weighted by Gasteiger charge is -2.27. The summed E-state index contributed by atoms with van der Waals surface area (Å²) in [5, 5.41) is 4.61. The van der Waals surface area contributed by atoms with Gasteiger partial charge in [0.15, 0.2) is 0 Å². The summed E-state index contributed by atoms with van der Waals surface area (Å²) in [6.07, 6.45) is 0. The molecule has 0 saturated heterocycles. The van der Waals surface area contributed by atoms with E-state index in [1.807, 2.05) is 6.07 Å². The van der Waals surface area contributed by atoms with Crippen LogP contribution in [0.5, 0.6) is 0 Å². The molecule has 0 aliphatic rings. The molecule has 10 rings (SSSR count). The van der Waals surface area contributed by atoms with Gasteiger partial charge in [-0.2, -0.15) is 0 Å². The highest BCUT2D eigenvalue weighted by Crippen LogP contribution is 2.46. The largest absolute Gasteiger partial charge is 0.456 e. The van der Waals surface area contributed by atoms with Crippen LogP contribution >= 0.6 is 0 Å². The minimum Gasteiger partial charge on any atom is -0.456 e. The van der Waals surface area contributed by atoms with Crippen molar-refractivity contribution in [2.45, 2.75) is 0 Å². The maximum Gasteiger partial charge on any atom is 0.137 e. The minimum absolute atomic E-state index is 0.867. The standard InChI is InChI=1S/C48H32N2O/c1-4-15-33(16-5-1)35-19-12-22-37(31-35)49(44-26-14-28-46-48(44)40-23-10-11-27-45(40)51-46)38-29-30-42-41(32-38)47-39(34-17-6-2-7-18-34)24-13-25-43(47)50(42)36-20-8-3-9-21-36/h1-32H. The molecule has 3 nitrogen and oxygen atoms in total. The van der Waals surface area contributed by atoms with Crippen LogP contribution in [0.1, 0.15) is 0 Å². The normalized spacial score (nSPS) is 11.5. The van der Waals surface area contributed by atoms with E-state index in [9.17, 15) is 0 Å². The molecule has 8 aromatic carbocycles. The Bertz CT molecular complexity index is 2850. The predicted octanol–water partition coefficient (Wildman–Crippen LogP) is 13.5. The fourth-order valence-electron chi connectivity index (χ4n) is 7.74.